The van der Waals surface area contributed by atoms with Crippen molar-refractivity contribution in [1.82, 2.24) is 20.0 Å². The van der Waals surface area contributed by atoms with E-state index >= 15 is 0 Å². The number of urea groups is 1. The molecule has 2 aliphatic rings. The maximum atomic E-state index is 12.5. The largest absolute Gasteiger partial charge is 0.347 e. The molecule has 3 rings (SSSR count). The standard InChI is InChI=1S/C17H28N4O3/c1-4-15-13(11-20(3)19-15)10-18-16(22)21-7-5-6-14(12-21)17(2)23-8-9-24-17/h11,14H,4-10,12H2,1-3H3,(H,18,22)/t14-/m0/s1. The molecule has 24 heavy (non-hydrogen) atoms. The molecule has 134 valence electrons. The summed E-state index contributed by atoms with van der Waals surface area (Å²) in [5.41, 5.74) is 2.12. The Morgan fingerprint density at radius 3 is 2.92 bits per heavy atom. The number of likely N-dealkylation sites (tertiary alicyclic amines) is 1. The zero-order valence-electron chi connectivity index (χ0n) is 14.9. The molecule has 2 fully saturated rings. The Balaban J connectivity index is 1.56. The Hall–Kier alpha value is -1.60. The summed E-state index contributed by atoms with van der Waals surface area (Å²) < 4.78 is 13.4. The fourth-order valence-corrected chi connectivity index (χ4v) is 3.67. The van der Waals surface area contributed by atoms with E-state index in [-0.39, 0.29) is 11.9 Å². The molecular weight excluding hydrogens is 308 g/mol. The van der Waals surface area contributed by atoms with E-state index in [0.29, 0.717) is 26.3 Å². The predicted octanol–water partition coefficient (Wildman–Crippen LogP) is 1.67. The lowest BCUT2D eigenvalue weighted by atomic mass is 9.90. The number of carbonyl (C=O) groups is 1. The van der Waals surface area contributed by atoms with E-state index in [0.717, 1.165) is 37.1 Å². The number of nitrogens with zero attached hydrogens (tertiary/aromatic N) is 3. The maximum Gasteiger partial charge on any atom is 0.317 e. The zero-order chi connectivity index (χ0) is 17.2. The highest BCUT2D eigenvalue weighted by Gasteiger charge is 2.42. The molecule has 0 spiro atoms. The lowest BCUT2D eigenvalue weighted by Gasteiger charge is -2.39. The van der Waals surface area contributed by atoms with E-state index in [2.05, 4.69) is 17.3 Å². The first kappa shape index (κ1) is 17.2. The number of nitrogens with one attached hydrogen (secondary N) is 1. The van der Waals surface area contributed by atoms with Crippen LogP contribution in [0, 0.1) is 5.92 Å². The number of hydrogen-bond acceptors (Lipinski definition) is 4. The van der Waals surface area contributed by atoms with Crippen molar-refractivity contribution in [2.24, 2.45) is 13.0 Å². The fraction of sp³-hybridized carbons (Fsp3) is 0.765. The van der Waals surface area contributed by atoms with Gasteiger partial charge in [0.2, 0.25) is 0 Å². The molecule has 2 aliphatic heterocycles. The van der Waals surface area contributed by atoms with Crippen LogP contribution in [0.4, 0.5) is 4.79 Å². The Bertz CT molecular complexity index is 580. The molecule has 1 aromatic rings. The summed E-state index contributed by atoms with van der Waals surface area (Å²) in [7, 11) is 1.90. The van der Waals surface area contributed by atoms with Gasteiger partial charge in [0.1, 0.15) is 0 Å². The Morgan fingerprint density at radius 1 is 1.46 bits per heavy atom. The van der Waals surface area contributed by atoms with Gasteiger partial charge in [-0.1, -0.05) is 6.92 Å². The molecule has 0 aromatic carbocycles. The number of piperidine rings is 1. The van der Waals surface area contributed by atoms with Crippen molar-refractivity contribution in [2.45, 2.75) is 45.4 Å². The molecule has 2 amide bonds. The van der Waals surface area contributed by atoms with Crippen LogP contribution < -0.4 is 5.32 Å². The van der Waals surface area contributed by atoms with Gasteiger partial charge in [-0.25, -0.2) is 4.79 Å². The summed E-state index contributed by atoms with van der Waals surface area (Å²) in [5, 5.41) is 7.44. The van der Waals surface area contributed by atoms with Crippen LogP contribution in [-0.2, 0) is 29.5 Å². The van der Waals surface area contributed by atoms with Crippen LogP contribution in [0.15, 0.2) is 6.20 Å². The van der Waals surface area contributed by atoms with Crippen LogP contribution in [0.3, 0.4) is 0 Å². The summed E-state index contributed by atoms with van der Waals surface area (Å²) in [6, 6.07) is -0.0211. The highest BCUT2D eigenvalue weighted by Crippen LogP contribution is 2.34. The maximum absolute atomic E-state index is 12.5. The monoisotopic (exact) mass is 336 g/mol. The topological polar surface area (TPSA) is 68.6 Å². The van der Waals surface area contributed by atoms with E-state index in [4.69, 9.17) is 9.47 Å². The molecule has 0 bridgehead atoms. The second kappa shape index (κ2) is 7.11. The van der Waals surface area contributed by atoms with Gasteiger partial charge in [-0.2, -0.15) is 5.10 Å². The SMILES string of the molecule is CCc1nn(C)cc1CNC(=O)N1CCC[C@H](C2(C)OCCO2)C1. The van der Waals surface area contributed by atoms with Crippen molar-refractivity contribution < 1.29 is 14.3 Å². The van der Waals surface area contributed by atoms with E-state index in [1.165, 1.54) is 0 Å². The van der Waals surface area contributed by atoms with Crippen molar-refractivity contribution >= 4 is 6.03 Å². The lowest BCUT2D eigenvalue weighted by Crippen LogP contribution is -2.51. The van der Waals surface area contributed by atoms with Crippen LogP contribution >= 0.6 is 0 Å². The van der Waals surface area contributed by atoms with Crippen molar-refractivity contribution in [3.05, 3.63) is 17.5 Å². The lowest BCUT2D eigenvalue weighted by molar-refractivity contribution is -0.189. The van der Waals surface area contributed by atoms with Crippen molar-refractivity contribution in [2.75, 3.05) is 26.3 Å². The molecule has 1 aromatic heterocycles. The quantitative estimate of drug-likeness (QED) is 0.908. The van der Waals surface area contributed by atoms with E-state index in [9.17, 15) is 4.79 Å². The third-order valence-electron chi connectivity index (χ3n) is 5.07. The van der Waals surface area contributed by atoms with Crippen LogP contribution in [0.2, 0.25) is 0 Å². The number of amides is 2. The Labute approximate surface area is 143 Å². The smallest absolute Gasteiger partial charge is 0.317 e. The Morgan fingerprint density at radius 2 is 2.21 bits per heavy atom. The summed E-state index contributed by atoms with van der Waals surface area (Å²) in [6.07, 6.45) is 4.85. The summed E-state index contributed by atoms with van der Waals surface area (Å²) in [4.78, 5) is 14.4. The Kier molecular flexibility index (Phi) is 5.10. The van der Waals surface area contributed by atoms with Gasteiger partial charge in [0.25, 0.3) is 0 Å². The first-order chi connectivity index (χ1) is 11.5. The molecular formula is C17H28N4O3. The number of carbonyl (C=O) groups excluding carboxylic acids is 1. The van der Waals surface area contributed by atoms with E-state index in [1.807, 2.05) is 25.1 Å². The molecule has 7 nitrogen and oxygen atoms in total. The molecule has 7 heteroatoms. The minimum absolute atomic E-state index is 0.0211. The first-order valence-corrected chi connectivity index (χ1v) is 8.84. The molecule has 0 radical (unpaired) electrons. The number of aromatic nitrogens is 2. The molecule has 0 aliphatic carbocycles. The number of ether oxygens (including phenoxy) is 2. The van der Waals surface area contributed by atoms with E-state index in [1.54, 1.807) is 4.68 Å². The number of rotatable bonds is 4. The molecule has 2 saturated heterocycles. The molecule has 3 heterocycles. The fourth-order valence-electron chi connectivity index (χ4n) is 3.67. The second-order valence-corrected chi connectivity index (χ2v) is 6.79. The van der Waals surface area contributed by atoms with E-state index < -0.39 is 5.79 Å². The molecule has 1 atom stereocenters. The predicted molar refractivity (Wildman–Crippen MR) is 89.4 cm³/mol. The van der Waals surface area contributed by atoms with Gasteiger partial charge in [0.05, 0.1) is 18.9 Å². The van der Waals surface area contributed by atoms with Gasteiger partial charge in [-0.05, 0) is 26.2 Å². The zero-order valence-corrected chi connectivity index (χ0v) is 14.9. The van der Waals surface area contributed by atoms with Gasteiger partial charge in [-0.15, -0.1) is 0 Å². The first-order valence-electron chi connectivity index (χ1n) is 8.84. The van der Waals surface area contributed by atoms with Gasteiger partial charge in [0.15, 0.2) is 5.79 Å². The van der Waals surface area contributed by atoms with Crippen molar-refractivity contribution in [1.29, 1.82) is 0 Å². The van der Waals surface area contributed by atoms with Gasteiger partial charge in [0, 0.05) is 44.4 Å². The average Bonchev–Trinajstić information content (AvgIpc) is 3.19. The van der Waals surface area contributed by atoms with Crippen LogP contribution in [0.5, 0.6) is 0 Å². The minimum Gasteiger partial charge on any atom is -0.347 e. The van der Waals surface area contributed by atoms with Crippen molar-refractivity contribution in [3.63, 3.8) is 0 Å². The van der Waals surface area contributed by atoms with Crippen LogP contribution in [-0.4, -0.2) is 52.8 Å². The summed E-state index contributed by atoms with van der Waals surface area (Å²) in [6.45, 7) is 7.32. The summed E-state index contributed by atoms with van der Waals surface area (Å²) in [5.74, 6) is -0.318. The third-order valence-corrected chi connectivity index (χ3v) is 5.07. The number of hydrogen-bond donors (Lipinski definition) is 1. The number of aryl methyl sites for hydroxylation is 2. The van der Waals surface area contributed by atoms with Crippen LogP contribution in [0.25, 0.3) is 0 Å². The highest BCUT2D eigenvalue weighted by molar-refractivity contribution is 5.74. The average molecular weight is 336 g/mol. The second-order valence-electron chi connectivity index (χ2n) is 6.79. The van der Waals surface area contributed by atoms with Gasteiger partial charge in [-0.3, -0.25) is 4.68 Å². The third kappa shape index (κ3) is 3.57. The highest BCUT2D eigenvalue weighted by atomic mass is 16.7. The van der Waals surface area contributed by atoms with Crippen LogP contribution in [0.1, 0.15) is 37.9 Å². The molecule has 0 unspecified atom stereocenters. The van der Waals surface area contributed by atoms with Gasteiger partial charge >= 0.3 is 6.03 Å². The normalized spacial score (nSPS) is 23.5. The molecule has 0 saturated carbocycles. The minimum atomic E-state index is -0.544. The van der Waals surface area contributed by atoms with Gasteiger partial charge < -0.3 is 19.7 Å². The molecule has 1 N–H and O–H groups in total. The van der Waals surface area contributed by atoms with Crippen molar-refractivity contribution in [3.8, 4) is 0 Å². The summed E-state index contributed by atoms with van der Waals surface area (Å²) >= 11 is 0.